The van der Waals surface area contributed by atoms with Gasteiger partial charge >= 0.3 is 0 Å². The van der Waals surface area contributed by atoms with Crippen molar-refractivity contribution in [1.29, 1.82) is 0 Å². The van der Waals surface area contributed by atoms with Crippen LogP contribution in [0.2, 0.25) is 0 Å². The number of aryl methyl sites for hydroxylation is 2. The number of aromatic nitrogens is 2. The minimum atomic E-state index is -0.238. The van der Waals surface area contributed by atoms with Crippen LogP contribution in [0, 0.1) is 6.92 Å². The summed E-state index contributed by atoms with van der Waals surface area (Å²) in [7, 11) is 0. The van der Waals surface area contributed by atoms with Crippen molar-refractivity contribution in [2.24, 2.45) is 0 Å². The second kappa shape index (κ2) is 4.91. The van der Waals surface area contributed by atoms with Gasteiger partial charge in [-0.15, -0.1) is 0 Å². The summed E-state index contributed by atoms with van der Waals surface area (Å²) in [5, 5.41) is 6.87. The Bertz CT molecular complexity index is 574. The minimum Gasteiger partial charge on any atom is -0.396 e. The van der Waals surface area contributed by atoms with Crippen molar-refractivity contribution >= 4 is 17.3 Å². The number of nitrogens with zero attached hydrogens (tertiary/aromatic N) is 2. The smallest absolute Gasteiger partial charge is 0.276 e. The van der Waals surface area contributed by atoms with E-state index in [4.69, 9.17) is 5.73 Å². The van der Waals surface area contributed by atoms with Crippen molar-refractivity contribution in [3.8, 4) is 0 Å². The molecule has 0 atom stereocenters. The van der Waals surface area contributed by atoms with Gasteiger partial charge in [-0.1, -0.05) is 12.1 Å². The SMILES string of the molecule is CCn1ncc(N)c1C(=O)Nc1cccc(C)c1. The highest BCUT2D eigenvalue weighted by Gasteiger charge is 2.16. The van der Waals surface area contributed by atoms with Crippen molar-refractivity contribution in [2.75, 3.05) is 11.1 Å². The van der Waals surface area contributed by atoms with E-state index in [1.54, 1.807) is 4.68 Å². The monoisotopic (exact) mass is 244 g/mol. The topological polar surface area (TPSA) is 72.9 Å². The van der Waals surface area contributed by atoms with Gasteiger partial charge in [0, 0.05) is 12.2 Å². The summed E-state index contributed by atoms with van der Waals surface area (Å²) in [4.78, 5) is 12.1. The van der Waals surface area contributed by atoms with Crippen LogP contribution >= 0.6 is 0 Å². The van der Waals surface area contributed by atoms with Crippen molar-refractivity contribution in [3.63, 3.8) is 0 Å². The number of carbonyl (C=O) groups is 1. The van der Waals surface area contributed by atoms with E-state index in [9.17, 15) is 4.79 Å². The fourth-order valence-corrected chi connectivity index (χ4v) is 1.80. The Kier molecular flexibility index (Phi) is 3.32. The van der Waals surface area contributed by atoms with Gasteiger partial charge in [0.2, 0.25) is 0 Å². The van der Waals surface area contributed by atoms with Gasteiger partial charge in [-0.2, -0.15) is 5.10 Å². The zero-order valence-corrected chi connectivity index (χ0v) is 10.5. The molecule has 1 amide bonds. The van der Waals surface area contributed by atoms with Crippen LogP contribution in [0.5, 0.6) is 0 Å². The fraction of sp³-hybridized carbons (Fsp3) is 0.231. The lowest BCUT2D eigenvalue weighted by Gasteiger charge is -2.08. The number of carbonyl (C=O) groups excluding carboxylic acids is 1. The van der Waals surface area contributed by atoms with E-state index in [2.05, 4.69) is 10.4 Å². The summed E-state index contributed by atoms with van der Waals surface area (Å²) in [5.74, 6) is -0.238. The third kappa shape index (κ3) is 2.34. The summed E-state index contributed by atoms with van der Waals surface area (Å²) in [6.07, 6.45) is 1.49. The Hall–Kier alpha value is -2.30. The molecule has 0 aliphatic rings. The predicted molar refractivity (Wildman–Crippen MR) is 71.4 cm³/mol. The maximum atomic E-state index is 12.1. The third-order valence-electron chi connectivity index (χ3n) is 2.66. The highest BCUT2D eigenvalue weighted by Crippen LogP contribution is 2.15. The number of amides is 1. The summed E-state index contributed by atoms with van der Waals surface area (Å²) in [6.45, 7) is 4.49. The molecule has 2 rings (SSSR count). The van der Waals surface area contributed by atoms with Gasteiger partial charge in [0.15, 0.2) is 0 Å². The molecule has 0 unspecified atom stereocenters. The molecule has 2 aromatic rings. The summed E-state index contributed by atoms with van der Waals surface area (Å²) < 4.78 is 1.58. The zero-order valence-electron chi connectivity index (χ0n) is 10.5. The molecular weight excluding hydrogens is 228 g/mol. The van der Waals surface area contributed by atoms with Crippen molar-refractivity contribution in [2.45, 2.75) is 20.4 Å². The molecule has 0 radical (unpaired) electrons. The maximum absolute atomic E-state index is 12.1. The number of rotatable bonds is 3. The predicted octanol–water partition coefficient (Wildman–Crippen LogP) is 2.05. The van der Waals surface area contributed by atoms with Crippen LogP contribution in [0.3, 0.4) is 0 Å². The summed E-state index contributed by atoms with van der Waals surface area (Å²) >= 11 is 0. The zero-order chi connectivity index (χ0) is 13.1. The molecule has 0 aliphatic heterocycles. The number of hydrogen-bond donors (Lipinski definition) is 2. The lowest BCUT2D eigenvalue weighted by atomic mass is 10.2. The fourth-order valence-electron chi connectivity index (χ4n) is 1.80. The van der Waals surface area contributed by atoms with Gasteiger partial charge in [-0.05, 0) is 31.5 Å². The highest BCUT2D eigenvalue weighted by atomic mass is 16.2. The van der Waals surface area contributed by atoms with Crippen LogP contribution in [0.1, 0.15) is 23.0 Å². The number of nitrogen functional groups attached to an aromatic ring is 1. The molecule has 18 heavy (non-hydrogen) atoms. The summed E-state index contributed by atoms with van der Waals surface area (Å²) in [6, 6.07) is 7.61. The molecule has 0 fully saturated rings. The molecule has 0 bridgehead atoms. The van der Waals surface area contributed by atoms with Gasteiger partial charge < -0.3 is 11.1 Å². The molecule has 5 heteroatoms. The second-order valence-electron chi connectivity index (χ2n) is 4.09. The van der Waals surface area contributed by atoms with Crippen LogP contribution in [-0.4, -0.2) is 15.7 Å². The Labute approximate surface area is 106 Å². The lowest BCUT2D eigenvalue weighted by molar-refractivity contribution is 0.101. The molecule has 1 heterocycles. The Morgan fingerprint density at radius 2 is 2.28 bits per heavy atom. The molecule has 5 nitrogen and oxygen atoms in total. The summed E-state index contributed by atoms with van der Waals surface area (Å²) in [5.41, 5.74) is 8.39. The Morgan fingerprint density at radius 3 is 2.94 bits per heavy atom. The number of nitrogens with one attached hydrogen (secondary N) is 1. The first-order valence-electron chi connectivity index (χ1n) is 5.81. The van der Waals surface area contributed by atoms with Gasteiger partial charge in [-0.3, -0.25) is 9.48 Å². The van der Waals surface area contributed by atoms with E-state index in [0.717, 1.165) is 11.3 Å². The average molecular weight is 244 g/mol. The first-order valence-corrected chi connectivity index (χ1v) is 5.81. The first-order chi connectivity index (χ1) is 8.61. The molecule has 0 saturated heterocycles. The van der Waals surface area contributed by atoms with E-state index in [-0.39, 0.29) is 5.91 Å². The minimum absolute atomic E-state index is 0.238. The standard InChI is InChI=1S/C13H16N4O/c1-3-17-12(11(14)8-15-17)13(18)16-10-6-4-5-9(2)7-10/h4-8H,3,14H2,1-2H3,(H,16,18). The van der Waals surface area contributed by atoms with Crippen LogP contribution in [-0.2, 0) is 6.54 Å². The second-order valence-corrected chi connectivity index (χ2v) is 4.09. The molecule has 3 N–H and O–H groups in total. The van der Waals surface area contributed by atoms with E-state index in [0.29, 0.717) is 17.9 Å². The van der Waals surface area contributed by atoms with Crippen LogP contribution in [0.15, 0.2) is 30.5 Å². The first kappa shape index (κ1) is 12.2. The molecule has 1 aromatic carbocycles. The van der Waals surface area contributed by atoms with Crippen LogP contribution in [0.4, 0.5) is 11.4 Å². The average Bonchev–Trinajstić information content (AvgIpc) is 2.70. The van der Waals surface area contributed by atoms with Gasteiger partial charge in [0.05, 0.1) is 11.9 Å². The van der Waals surface area contributed by atoms with Crippen molar-refractivity contribution in [1.82, 2.24) is 9.78 Å². The van der Waals surface area contributed by atoms with Gasteiger partial charge in [0.1, 0.15) is 5.69 Å². The van der Waals surface area contributed by atoms with Crippen LogP contribution in [0.25, 0.3) is 0 Å². The lowest BCUT2D eigenvalue weighted by Crippen LogP contribution is -2.18. The largest absolute Gasteiger partial charge is 0.396 e. The van der Waals surface area contributed by atoms with Crippen molar-refractivity contribution in [3.05, 3.63) is 41.7 Å². The molecule has 1 aromatic heterocycles. The Morgan fingerprint density at radius 1 is 1.50 bits per heavy atom. The van der Waals surface area contributed by atoms with E-state index < -0.39 is 0 Å². The molecule has 0 saturated carbocycles. The maximum Gasteiger partial charge on any atom is 0.276 e. The molecule has 0 aliphatic carbocycles. The quantitative estimate of drug-likeness (QED) is 0.867. The molecule has 94 valence electrons. The highest BCUT2D eigenvalue weighted by molar-refractivity contribution is 6.06. The van der Waals surface area contributed by atoms with Gasteiger partial charge in [0.25, 0.3) is 5.91 Å². The number of nitrogens with two attached hydrogens (primary N) is 1. The van der Waals surface area contributed by atoms with E-state index in [1.807, 2.05) is 38.1 Å². The normalized spacial score (nSPS) is 10.3. The molecular formula is C13H16N4O. The van der Waals surface area contributed by atoms with Crippen LogP contribution < -0.4 is 11.1 Å². The van der Waals surface area contributed by atoms with E-state index in [1.165, 1.54) is 6.20 Å². The Balaban J connectivity index is 2.24. The van der Waals surface area contributed by atoms with Crippen molar-refractivity contribution < 1.29 is 4.79 Å². The van der Waals surface area contributed by atoms with Gasteiger partial charge in [-0.25, -0.2) is 0 Å². The number of hydrogen-bond acceptors (Lipinski definition) is 3. The molecule has 0 spiro atoms. The number of anilines is 2. The van der Waals surface area contributed by atoms with E-state index >= 15 is 0 Å². The number of benzene rings is 1. The third-order valence-corrected chi connectivity index (χ3v) is 2.66.